The van der Waals surface area contributed by atoms with Crippen LogP contribution in [0.3, 0.4) is 0 Å². The van der Waals surface area contributed by atoms with Crippen molar-refractivity contribution in [3.05, 3.63) is 12.7 Å². The molecule has 8 nitrogen and oxygen atoms in total. The summed E-state index contributed by atoms with van der Waals surface area (Å²) >= 11 is 0. The van der Waals surface area contributed by atoms with Crippen molar-refractivity contribution in [2.45, 2.75) is 18.4 Å². The second kappa shape index (κ2) is 15.2. The predicted octanol–water partition coefficient (Wildman–Crippen LogP) is -3.02. The third kappa shape index (κ3) is 13.2. The number of carboxylic acid groups (broad SMARTS) is 2. The molecule has 0 aromatic rings. The molecule has 0 aromatic heterocycles. The van der Waals surface area contributed by atoms with Crippen LogP contribution in [0.15, 0.2) is 12.7 Å². The molecule has 0 radical (unpaired) electrons. The van der Waals surface area contributed by atoms with Gasteiger partial charge in [-0.3, -0.25) is 9.59 Å². The van der Waals surface area contributed by atoms with E-state index in [0.717, 1.165) is 0 Å². The van der Waals surface area contributed by atoms with Gasteiger partial charge in [0.2, 0.25) is 0 Å². The summed E-state index contributed by atoms with van der Waals surface area (Å²) in [5.41, 5.74) is -2.82. The topological polar surface area (TPSA) is 138 Å². The minimum atomic E-state index is -2.82. The van der Waals surface area contributed by atoms with Gasteiger partial charge in [0.05, 0.1) is 12.8 Å². The zero-order chi connectivity index (χ0) is 13.6. The van der Waals surface area contributed by atoms with Crippen molar-refractivity contribution in [2.24, 2.45) is 0 Å². The Kier molecular flexibility index (Phi) is 23.3. The van der Waals surface area contributed by atoms with Crippen LogP contribution >= 0.6 is 0 Å². The maximum absolute atomic E-state index is 11.0. The normalized spacial score (nSPS) is 11.2. The van der Waals surface area contributed by atoms with Crippen molar-refractivity contribution in [2.75, 3.05) is 0 Å². The van der Waals surface area contributed by atoms with Gasteiger partial charge in [0.25, 0.3) is 0 Å². The summed E-state index contributed by atoms with van der Waals surface area (Å²) in [4.78, 5) is 42.5. The first-order chi connectivity index (χ1) is 7.71. The van der Waals surface area contributed by atoms with Gasteiger partial charge in [-0.1, -0.05) is 6.58 Å². The average Bonchev–Trinajstić information content (AvgIpc) is 2.15. The number of aliphatic hydroxyl groups is 1. The predicted molar refractivity (Wildman–Crippen MR) is 72.2 cm³/mol. The quantitative estimate of drug-likeness (QED) is 0.195. The molecule has 0 aromatic carbocycles. The number of aliphatic carboxylic acids is 2. The summed E-state index contributed by atoms with van der Waals surface area (Å²) in [5, 5.41) is 26.4. The molecule has 100 valence electrons. The van der Waals surface area contributed by atoms with Gasteiger partial charge >= 0.3 is 178 Å². The van der Waals surface area contributed by atoms with Crippen molar-refractivity contribution in [3.63, 3.8) is 0 Å². The number of hydrogen-bond donors (Lipinski definition) is 3. The van der Waals surface area contributed by atoms with E-state index < -0.39 is 42.3 Å². The second-order valence-corrected chi connectivity index (χ2v) is 3.08. The summed E-state index contributed by atoms with van der Waals surface area (Å²) in [5.74, 6) is -6.00. The number of carboxylic acids is 2. The van der Waals surface area contributed by atoms with Gasteiger partial charge in [0.15, 0.2) is 5.60 Å². The Morgan fingerprint density at radius 2 is 1.50 bits per heavy atom. The van der Waals surface area contributed by atoms with E-state index in [0.29, 0.717) is 6.08 Å². The first kappa shape index (κ1) is 30.6. The fourth-order valence-corrected chi connectivity index (χ4v) is 0.893. The van der Waals surface area contributed by atoms with Crippen molar-refractivity contribution >= 4 is 178 Å². The van der Waals surface area contributed by atoms with Crippen LogP contribution in [0.5, 0.6) is 0 Å². The van der Waals surface area contributed by atoms with Crippen molar-refractivity contribution in [1.82, 2.24) is 0 Å². The monoisotopic (exact) mass is 366 g/mol. The molecular formula is C9H13K3O8. The van der Waals surface area contributed by atoms with E-state index in [1.807, 2.05) is 0 Å². The van der Waals surface area contributed by atoms with Crippen LogP contribution in [0.1, 0.15) is 12.8 Å². The fourth-order valence-electron chi connectivity index (χ4n) is 0.893. The molecule has 3 N–H and O–H groups in total. The number of carbonyl (C=O) groups excluding carboxylic acids is 2. The van der Waals surface area contributed by atoms with Crippen molar-refractivity contribution < 1.29 is 39.2 Å². The summed E-state index contributed by atoms with van der Waals surface area (Å²) in [6.07, 6.45) is -1.69. The first-order valence-electron chi connectivity index (χ1n) is 4.26. The molecule has 0 fully saturated rings. The summed E-state index contributed by atoms with van der Waals surface area (Å²) in [6.45, 7) is 2.99. The Labute approximate surface area is 242 Å². The molecule has 0 saturated carbocycles. The van der Waals surface area contributed by atoms with Gasteiger partial charge in [0.1, 0.15) is 0 Å². The third-order valence-electron chi connectivity index (χ3n) is 1.66. The molecule has 20 heavy (non-hydrogen) atoms. The van der Waals surface area contributed by atoms with Crippen LogP contribution in [0, 0.1) is 0 Å². The third-order valence-corrected chi connectivity index (χ3v) is 1.66. The van der Waals surface area contributed by atoms with Crippen LogP contribution in [0.4, 0.5) is 0 Å². The van der Waals surface area contributed by atoms with E-state index in [-0.39, 0.29) is 154 Å². The van der Waals surface area contributed by atoms with Crippen LogP contribution in [0.2, 0.25) is 0 Å². The number of carbonyl (C=O) groups is 4. The number of rotatable bonds is 6. The van der Waals surface area contributed by atoms with Gasteiger partial charge < -0.3 is 20.1 Å². The average molecular weight is 366 g/mol. The van der Waals surface area contributed by atoms with Crippen LogP contribution in [-0.2, 0) is 23.9 Å². The molecule has 0 heterocycles. The van der Waals surface area contributed by atoms with Crippen LogP contribution < -0.4 is 0 Å². The molecule has 1 unspecified atom stereocenters. The molecule has 0 amide bonds. The molecule has 0 bridgehead atoms. The zero-order valence-corrected chi connectivity index (χ0v) is 8.58. The van der Waals surface area contributed by atoms with E-state index in [4.69, 9.17) is 10.2 Å². The number of hydrogen-bond acceptors (Lipinski definition) is 6. The van der Waals surface area contributed by atoms with E-state index >= 15 is 0 Å². The Hall–Kier alpha value is 2.69. The van der Waals surface area contributed by atoms with Crippen molar-refractivity contribution in [1.29, 1.82) is 0 Å². The number of ether oxygens (including phenoxy) is 1. The van der Waals surface area contributed by atoms with E-state index in [1.165, 1.54) is 0 Å². The van der Waals surface area contributed by atoms with Gasteiger partial charge in [-0.05, 0) is 0 Å². The number of esters is 2. The summed E-state index contributed by atoms with van der Waals surface area (Å²) in [6, 6.07) is 0. The zero-order valence-electron chi connectivity index (χ0n) is 8.58. The minimum absolute atomic E-state index is 0. The Balaban J connectivity index is -0.000000427. The van der Waals surface area contributed by atoms with E-state index in [1.54, 1.807) is 0 Å². The van der Waals surface area contributed by atoms with E-state index in [2.05, 4.69) is 11.3 Å². The molecule has 0 aliphatic carbocycles. The second-order valence-electron chi connectivity index (χ2n) is 3.08. The molecule has 0 spiro atoms. The molecule has 0 rings (SSSR count). The molecular weight excluding hydrogens is 353 g/mol. The van der Waals surface area contributed by atoms with Gasteiger partial charge in [0, 0.05) is 6.08 Å². The van der Waals surface area contributed by atoms with Gasteiger partial charge in [-0.2, -0.15) is 0 Å². The summed E-state index contributed by atoms with van der Waals surface area (Å²) < 4.78 is 4.01. The van der Waals surface area contributed by atoms with Crippen LogP contribution in [-0.4, -0.2) is 199 Å². The maximum atomic E-state index is 11.0. The molecule has 0 aliphatic heterocycles. The van der Waals surface area contributed by atoms with E-state index in [9.17, 15) is 24.3 Å². The summed E-state index contributed by atoms with van der Waals surface area (Å²) in [7, 11) is 0. The van der Waals surface area contributed by atoms with Crippen molar-refractivity contribution in [3.8, 4) is 0 Å². The van der Waals surface area contributed by atoms with Gasteiger partial charge in [-0.25, -0.2) is 9.59 Å². The Bertz CT molecular complexity index is 383. The molecule has 11 heteroatoms. The first-order valence-corrected chi connectivity index (χ1v) is 4.26. The molecule has 1 atom stereocenters. The standard InChI is InChI=1S/C9H10O8.3K.3H/c1-2-6(12)17-7(13)4-9(16,8(14)15)3-5(10)11;;;;;;/h2,16H,1,3-4H2,(H,10,11)(H,14,15);;;;;;. The SMILES string of the molecule is C=CC(=O)OC(=O)CC(O)(CC(=O)O)C(=O)O.[KH].[KH].[KH]. The fraction of sp³-hybridized carbons (Fsp3) is 0.333. The Morgan fingerprint density at radius 3 is 1.80 bits per heavy atom. The molecule has 0 aliphatic rings. The van der Waals surface area contributed by atoms with Gasteiger partial charge in [-0.15, -0.1) is 0 Å². The molecule has 0 saturated heterocycles. The Morgan fingerprint density at radius 1 is 1.05 bits per heavy atom. The van der Waals surface area contributed by atoms with Crippen LogP contribution in [0.25, 0.3) is 0 Å².